The molecule has 1 fully saturated rings. The first kappa shape index (κ1) is 17.5. The van der Waals surface area contributed by atoms with Crippen molar-refractivity contribution >= 4 is 33.4 Å². The van der Waals surface area contributed by atoms with Gasteiger partial charge in [0, 0.05) is 25.3 Å². The maximum Gasteiger partial charge on any atom is 0.287 e. The number of halogens is 1. The predicted octanol–water partition coefficient (Wildman–Crippen LogP) is 2.69. The van der Waals surface area contributed by atoms with Gasteiger partial charge in [-0.05, 0) is 52.5 Å². The highest BCUT2D eigenvalue weighted by Crippen LogP contribution is 2.24. The number of anilines is 1. The summed E-state index contributed by atoms with van der Waals surface area (Å²) < 4.78 is 5.62. The zero-order valence-corrected chi connectivity index (χ0v) is 15.3. The Balaban J connectivity index is 1.50. The summed E-state index contributed by atoms with van der Waals surface area (Å²) in [6.07, 6.45) is 2.41. The third-order valence-corrected chi connectivity index (χ3v) is 4.55. The van der Waals surface area contributed by atoms with E-state index < -0.39 is 5.91 Å². The van der Waals surface area contributed by atoms with Crippen LogP contribution in [0.1, 0.15) is 29.0 Å². The number of nitrogens with one attached hydrogen (secondary N) is 2. The smallest absolute Gasteiger partial charge is 0.287 e. The molecule has 1 aromatic carbocycles. The van der Waals surface area contributed by atoms with Gasteiger partial charge in [-0.2, -0.15) is 0 Å². The Morgan fingerprint density at radius 3 is 2.56 bits per heavy atom. The fourth-order valence-corrected chi connectivity index (χ4v) is 3.17. The van der Waals surface area contributed by atoms with Crippen LogP contribution in [-0.2, 0) is 11.3 Å². The molecule has 3 rings (SSSR count). The number of amides is 2. The topological polar surface area (TPSA) is 74.6 Å². The minimum absolute atomic E-state index is 0.0942. The highest BCUT2D eigenvalue weighted by atomic mass is 79.9. The Hall–Kier alpha value is -2.28. The number of hydrogen-bond acceptors (Lipinski definition) is 4. The van der Waals surface area contributed by atoms with Crippen molar-refractivity contribution in [2.75, 3.05) is 24.5 Å². The summed E-state index contributed by atoms with van der Waals surface area (Å²) in [6, 6.07) is 11.3. The predicted molar refractivity (Wildman–Crippen MR) is 98.5 cm³/mol. The highest BCUT2D eigenvalue weighted by molar-refractivity contribution is 9.10. The molecule has 2 aromatic rings. The molecule has 1 aliphatic rings. The molecule has 132 valence electrons. The molecule has 0 atom stereocenters. The number of rotatable bonds is 6. The standard InChI is InChI=1S/C18H20BrN3O3/c19-16-8-7-15(25-16)18(24)21-12-17(23)20-11-13-5-1-2-6-14(13)22-9-3-4-10-22/h1-2,5-8H,3-4,9-12H2,(H,20,23)(H,21,24). The molecule has 0 aliphatic carbocycles. The first-order chi connectivity index (χ1) is 12.1. The minimum Gasteiger partial charge on any atom is -0.444 e. The van der Waals surface area contributed by atoms with Crippen LogP contribution in [0.5, 0.6) is 0 Å². The fourth-order valence-electron chi connectivity index (χ4n) is 2.87. The van der Waals surface area contributed by atoms with Crippen molar-refractivity contribution in [3.63, 3.8) is 0 Å². The summed E-state index contributed by atoms with van der Waals surface area (Å²) in [5, 5.41) is 5.40. The SMILES string of the molecule is O=C(CNC(=O)c1ccc(Br)o1)NCc1ccccc1N1CCCC1. The molecule has 0 spiro atoms. The van der Waals surface area contributed by atoms with E-state index in [1.54, 1.807) is 12.1 Å². The number of carbonyl (C=O) groups is 2. The van der Waals surface area contributed by atoms with E-state index in [-0.39, 0.29) is 18.2 Å². The molecule has 6 nitrogen and oxygen atoms in total. The Bertz CT molecular complexity index is 754. The van der Waals surface area contributed by atoms with E-state index in [1.165, 1.54) is 18.5 Å². The van der Waals surface area contributed by atoms with Gasteiger partial charge in [0.1, 0.15) is 0 Å². The molecule has 2 heterocycles. The molecule has 0 saturated carbocycles. The van der Waals surface area contributed by atoms with Crippen LogP contribution in [0.25, 0.3) is 0 Å². The van der Waals surface area contributed by atoms with Crippen molar-refractivity contribution in [3.05, 3.63) is 52.4 Å². The lowest BCUT2D eigenvalue weighted by atomic mass is 10.1. The molecule has 1 aromatic heterocycles. The van der Waals surface area contributed by atoms with Crippen molar-refractivity contribution in [2.45, 2.75) is 19.4 Å². The minimum atomic E-state index is -0.418. The van der Waals surface area contributed by atoms with Crippen LogP contribution >= 0.6 is 15.9 Å². The molecule has 1 aliphatic heterocycles. The van der Waals surface area contributed by atoms with Crippen molar-refractivity contribution in [1.29, 1.82) is 0 Å². The normalized spacial score (nSPS) is 13.7. The second kappa shape index (κ2) is 8.20. The van der Waals surface area contributed by atoms with Gasteiger partial charge >= 0.3 is 0 Å². The number of nitrogens with zero attached hydrogens (tertiary/aromatic N) is 1. The van der Waals surface area contributed by atoms with Crippen LogP contribution in [0.15, 0.2) is 45.5 Å². The summed E-state index contributed by atoms with van der Waals surface area (Å²) in [7, 11) is 0. The monoisotopic (exact) mass is 405 g/mol. The summed E-state index contributed by atoms with van der Waals surface area (Å²) in [5.41, 5.74) is 2.25. The average molecular weight is 406 g/mol. The van der Waals surface area contributed by atoms with Gasteiger partial charge in [-0.15, -0.1) is 0 Å². The van der Waals surface area contributed by atoms with Gasteiger partial charge in [0.15, 0.2) is 10.4 Å². The molecule has 7 heteroatoms. The van der Waals surface area contributed by atoms with Gasteiger partial charge in [-0.25, -0.2) is 0 Å². The molecule has 2 amide bonds. The van der Waals surface area contributed by atoms with Gasteiger partial charge in [-0.1, -0.05) is 18.2 Å². The lowest BCUT2D eigenvalue weighted by molar-refractivity contribution is -0.120. The van der Waals surface area contributed by atoms with Crippen molar-refractivity contribution < 1.29 is 14.0 Å². The summed E-state index contributed by atoms with van der Waals surface area (Å²) in [5.74, 6) is -0.493. The molecule has 0 bridgehead atoms. The van der Waals surface area contributed by atoms with E-state index in [2.05, 4.69) is 37.5 Å². The van der Waals surface area contributed by atoms with E-state index >= 15 is 0 Å². The van der Waals surface area contributed by atoms with Gasteiger partial charge in [0.2, 0.25) is 5.91 Å². The maximum atomic E-state index is 12.0. The third-order valence-electron chi connectivity index (χ3n) is 4.12. The number of para-hydroxylation sites is 1. The van der Waals surface area contributed by atoms with Crippen LogP contribution < -0.4 is 15.5 Å². The van der Waals surface area contributed by atoms with Crippen LogP contribution in [0.4, 0.5) is 5.69 Å². The number of carbonyl (C=O) groups excluding carboxylic acids is 2. The van der Waals surface area contributed by atoms with Gasteiger partial charge in [0.05, 0.1) is 6.54 Å². The third kappa shape index (κ3) is 4.63. The van der Waals surface area contributed by atoms with Gasteiger partial charge in [-0.3, -0.25) is 9.59 Å². The van der Waals surface area contributed by atoms with Crippen molar-refractivity contribution in [3.8, 4) is 0 Å². The molecule has 1 saturated heterocycles. The van der Waals surface area contributed by atoms with Crippen LogP contribution in [0.2, 0.25) is 0 Å². The maximum absolute atomic E-state index is 12.0. The number of benzene rings is 1. The van der Waals surface area contributed by atoms with Gasteiger partial charge < -0.3 is 20.0 Å². The molecule has 2 N–H and O–H groups in total. The van der Waals surface area contributed by atoms with E-state index in [0.29, 0.717) is 11.2 Å². The van der Waals surface area contributed by atoms with Crippen LogP contribution in [0, 0.1) is 0 Å². The van der Waals surface area contributed by atoms with Crippen molar-refractivity contribution in [1.82, 2.24) is 10.6 Å². The molecule has 0 unspecified atom stereocenters. The zero-order chi connectivity index (χ0) is 17.6. The Labute approximate surface area is 154 Å². The fraction of sp³-hybridized carbons (Fsp3) is 0.333. The highest BCUT2D eigenvalue weighted by Gasteiger charge is 2.16. The van der Waals surface area contributed by atoms with Crippen LogP contribution in [0.3, 0.4) is 0 Å². The largest absolute Gasteiger partial charge is 0.444 e. The zero-order valence-electron chi connectivity index (χ0n) is 13.8. The Morgan fingerprint density at radius 2 is 1.84 bits per heavy atom. The second-order valence-electron chi connectivity index (χ2n) is 5.89. The van der Waals surface area contributed by atoms with E-state index in [1.807, 2.05) is 18.2 Å². The van der Waals surface area contributed by atoms with Gasteiger partial charge in [0.25, 0.3) is 5.91 Å². The van der Waals surface area contributed by atoms with Crippen molar-refractivity contribution in [2.24, 2.45) is 0 Å². The first-order valence-corrected chi connectivity index (χ1v) is 9.06. The second-order valence-corrected chi connectivity index (χ2v) is 6.67. The van der Waals surface area contributed by atoms with E-state index in [0.717, 1.165) is 18.7 Å². The molecule has 25 heavy (non-hydrogen) atoms. The van der Waals surface area contributed by atoms with Crippen LogP contribution in [-0.4, -0.2) is 31.4 Å². The lowest BCUT2D eigenvalue weighted by Crippen LogP contribution is -2.36. The Morgan fingerprint density at radius 1 is 1.08 bits per heavy atom. The van der Waals surface area contributed by atoms with E-state index in [4.69, 9.17) is 4.42 Å². The Kier molecular flexibility index (Phi) is 5.75. The van der Waals surface area contributed by atoms with E-state index in [9.17, 15) is 9.59 Å². The molecular formula is C18H20BrN3O3. The average Bonchev–Trinajstić information content (AvgIpc) is 3.30. The first-order valence-electron chi connectivity index (χ1n) is 8.26. The lowest BCUT2D eigenvalue weighted by Gasteiger charge is -2.21. The summed E-state index contributed by atoms with van der Waals surface area (Å²) in [4.78, 5) is 26.2. The molecule has 0 radical (unpaired) electrons. The number of hydrogen-bond donors (Lipinski definition) is 2. The number of furan rings is 1. The quantitative estimate of drug-likeness (QED) is 0.774. The summed E-state index contributed by atoms with van der Waals surface area (Å²) >= 11 is 3.14. The molecular weight excluding hydrogens is 386 g/mol. The summed E-state index contributed by atoms with van der Waals surface area (Å²) in [6.45, 7) is 2.45.